The Morgan fingerprint density at radius 1 is 1.00 bits per heavy atom. The van der Waals surface area contributed by atoms with Crippen molar-refractivity contribution in [2.75, 3.05) is 0 Å². The smallest absolute Gasteiger partial charge is 0.382 e. The zero-order valence-corrected chi connectivity index (χ0v) is 14.3. The monoisotopic (exact) mass is 386 g/mol. The Bertz CT molecular complexity index is 870. The van der Waals surface area contributed by atoms with Crippen molar-refractivity contribution >= 4 is 15.9 Å². The van der Waals surface area contributed by atoms with E-state index in [1.807, 2.05) is 54.6 Å². The van der Waals surface area contributed by atoms with Gasteiger partial charge in [0.15, 0.2) is 5.75 Å². The number of rotatable bonds is 5. The minimum absolute atomic E-state index is 0.159. The van der Waals surface area contributed by atoms with E-state index in [4.69, 9.17) is 9.15 Å². The molecule has 0 unspecified atom stereocenters. The van der Waals surface area contributed by atoms with Crippen LogP contribution in [0, 0.1) is 0 Å². The molecule has 0 aliphatic rings. The van der Waals surface area contributed by atoms with Crippen LogP contribution < -0.4 is 10.4 Å². The number of ether oxygens (including phenoxy) is 1. The molecule has 3 aromatic rings. The van der Waals surface area contributed by atoms with Gasteiger partial charge in [0.1, 0.15) is 12.9 Å². The van der Waals surface area contributed by atoms with Crippen LogP contribution in [0.1, 0.15) is 16.7 Å². The van der Waals surface area contributed by atoms with Gasteiger partial charge in [-0.05, 0) is 23.3 Å². The average molecular weight is 387 g/mol. The zero-order valence-electron chi connectivity index (χ0n) is 12.7. The predicted octanol–water partition coefficient (Wildman–Crippen LogP) is 4.28. The van der Waals surface area contributed by atoms with Gasteiger partial charge in [0, 0.05) is 16.5 Å². The first-order chi connectivity index (χ1) is 11.6. The maximum atomic E-state index is 11.9. The van der Waals surface area contributed by atoms with Crippen LogP contribution >= 0.6 is 15.9 Å². The summed E-state index contributed by atoms with van der Waals surface area (Å²) in [5.74, 6) is -0.335. The summed E-state index contributed by atoms with van der Waals surface area (Å²) < 4.78 is 11.5. The lowest BCUT2D eigenvalue weighted by atomic mass is 10.1. The van der Waals surface area contributed by atoms with Crippen molar-refractivity contribution in [1.82, 2.24) is 0 Å². The molecule has 1 N–H and O–H groups in total. The third kappa shape index (κ3) is 3.86. The van der Waals surface area contributed by atoms with Gasteiger partial charge in [0.2, 0.25) is 5.75 Å². The van der Waals surface area contributed by atoms with E-state index in [1.165, 1.54) is 6.26 Å². The highest BCUT2D eigenvalue weighted by molar-refractivity contribution is 9.10. The number of hydrogen-bond donors (Lipinski definition) is 1. The molecule has 0 radical (unpaired) electrons. The van der Waals surface area contributed by atoms with Gasteiger partial charge in [-0.1, -0.05) is 58.4 Å². The molecule has 24 heavy (non-hydrogen) atoms. The zero-order chi connectivity index (χ0) is 16.9. The lowest BCUT2D eigenvalue weighted by molar-refractivity contribution is 0.268. The molecule has 0 aliphatic heterocycles. The summed E-state index contributed by atoms with van der Waals surface area (Å²) in [4.78, 5) is 11.9. The Balaban J connectivity index is 1.82. The van der Waals surface area contributed by atoms with Crippen LogP contribution in [0.4, 0.5) is 0 Å². The van der Waals surface area contributed by atoms with E-state index in [-0.39, 0.29) is 18.1 Å². The van der Waals surface area contributed by atoms with Crippen molar-refractivity contribution in [3.63, 3.8) is 0 Å². The molecule has 0 amide bonds. The fraction of sp³-hybridized carbons (Fsp3) is 0.105. The lowest BCUT2D eigenvalue weighted by Gasteiger charge is -2.10. The third-order valence-electron chi connectivity index (χ3n) is 3.55. The van der Waals surface area contributed by atoms with Gasteiger partial charge in [0.05, 0.1) is 0 Å². The highest BCUT2D eigenvalue weighted by atomic mass is 79.9. The molecule has 0 atom stereocenters. The largest absolute Gasteiger partial charge is 0.504 e. The molecule has 4 nitrogen and oxygen atoms in total. The van der Waals surface area contributed by atoms with Crippen LogP contribution in [0.3, 0.4) is 0 Å². The highest BCUT2D eigenvalue weighted by Gasteiger charge is 2.15. The second-order valence-corrected chi connectivity index (χ2v) is 6.22. The fourth-order valence-electron chi connectivity index (χ4n) is 2.28. The summed E-state index contributed by atoms with van der Waals surface area (Å²) in [6.45, 7) is 0.181. The molecule has 3 rings (SSSR count). The van der Waals surface area contributed by atoms with E-state index in [9.17, 15) is 9.90 Å². The quantitative estimate of drug-likeness (QED) is 0.710. The summed E-state index contributed by atoms with van der Waals surface area (Å²) in [7, 11) is 0. The predicted molar refractivity (Wildman–Crippen MR) is 94.4 cm³/mol. The fourth-order valence-corrected chi connectivity index (χ4v) is 2.55. The number of hydrogen-bond acceptors (Lipinski definition) is 4. The van der Waals surface area contributed by atoms with E-state index >= 15 is 0 Å². The molecule has 0 saturated heterocycles. The Labute approximate surface area is 147 Å². The second-order valence-electron chi connectivity index (χ2n) is 5.30. The van der Waals surface area contributed by atoms with E-state index in [0.717, 1.165) is 15.6 Å². The standard InChI is InChI=1S/C19H15BrO4/c20-16-8-6-13(7-9-16)10-15-12-24-19(22)18(17(15)21)23-11-14-4-2-1-3-5-14/h1-9,12,21H,10-11H2. The molecule has 122 valence electrons. The first-order valence-corrected chi connectivity index (χ1v) is 8.17. The molecular weight excluding hydrogens is 372 g/mol. The molecule has 1 heterocycles. The van der Waals surface area contributed by atoms with Crippen molar-refractivity contribution in [3.05, 3.63) is 92.4 Å². The molecular formula is C19H15BrO4. The number of benzene rings is 2. The van der Waals surface area contributed by atoms with Crippen LogP contribution in [-0.2, 0) is 13.0 Å². The van der Waals surface area contributed by atoms with E-state index < -0.39 is 5.63 Å². The van der Waals surface area contributed by atoms with Gasteiger partial charge >= 0.3 is 5.63 Å². The van der Waals surface area contributed by atoms with Gasteiger partial charge in [-0.25, -0.2) is 4.79 Å². The molecule has 0 fully saturated rings. The first-order valence-electron chi connectivity index (χ1n) is 7.38. The van der Waals surface area contributed by atoms with E-state index in [1.54, 1.807) is 0 Å². The van der Waals surface area contributed by atoms with Crippen LogP contribution in [0.2, 0.25) is 0 Å². The summed E-state index contributed by atoms with van der Waals surface area (Å²) in [6, 6.07) is 17.1. The molecule has 1 aromatic heterocycles. The second kappa shape index (κ2) is 7.36. The van der Waals surface area contributed by atoms with Crippen LogP contribution in [0.5, 0.6) is 11.5 Å². The van der Waals surface area contributed by atoms with Crippen molar-refractivity contribution in [1.29, 1.82) is 0 Å². The minimum Gasteiger partial charge on any atom is -0.504 e. The molecule has 0 bridgehead atoms. The normalized spacial score (nSPS) is 10.5. The summed E-state index contributed by atoms with van der Waals surface area (Å²) in [6.07, 6.45) is 1.71. The number of aromatic hydroxyl groups is 1. The van der Waals surface area contributed by atoms with Crippen molar-refractivity contribution in [3.8, 4) is 11.5 Å². The van der Waals surface area contributed by atoms with Gasteiger partial charge in [-0.15, -0.1) is 0 Å². The molecule has 0 aliphatic carbocycles. The Morgan fingerprint density at radius 2 is 1.71 bits per heavy atom. The summed E-state index contributed by atoms with van der Waals surface area (Å²) in [5, 5.41) is 10.4. The van der Waals surface area contributed by atoms with E-state index in [0.29, 0.717) is 12.0 Å². The topological polar surface area (TPSA) is 59.7 Å². The average Bonchev–Trinajstić information content (AvgIpc) is 2.60. The molecule has 0 spiro atoms. The van der Waals surface area contributed by atoms with Crippen molar-refractivity contribution in [2.45, 2.75) is 13.0 Å². The first kappa shape index (κ1) is 16.3. The molecule has 5 heteroatoms. The Morgan fingerprint density at radius 3 is 2.42 bits per heavy atom. The third-order valence-corrected chi connectivity index (χ3v) is 4.08. The Hall–Kier alpha value is -2.53. The van der Waals surface area contributed by atoms with Crippen LogP contribution in [-0.4, -0.2) is 5.11 Å². The highest BCUT2D eigenvalue weighted by Crippen LogP contribution is 2.29. The van der Waals surface area contributed by atoms with Gasteiger partial charge in [-0.3, -0.25) is 0 Å². The molecule has 0 saturated carbocycles. The van der Waals surface area contributed by atoms with Gasteiger partial charge in [0.25, 0.3) is 0 Å². The molecule has 2 aromatic carbocycles. The van der Waals surface area contributed by atoms with Crippen molar-refractivity contribution < 1.29 is 14.3 Å². The van der Waals surface area contributed by atoms with E-state index in [2.05, 4.69) is 15.9 Å². The summed E-state index contributed by atoms with van der Waals surface area (Å²) in [5.41, 5.74) is 1.69. The number of halogens is 1. The maximum Gasteiger partial charge on any atom is 0.382 e. The Kier molecular flexibility index (Phi) is 5.01. The van der Waals surface area contributed by atoms with Gasteiger partial charge in [-0.2, -0.15) is 0 Å². The van der Waals surface area contributed by atoms with Crippen LogP contribution in [0.25, 0.3) is 0 Å². The SMILES string of the molecule is O=c1occ(Cc2ccc(Br)cc2)c(O)c1OCc1ccccc1. The summed E-state index contributed by atoms with van der Waals surface area (Å²) >= 11 is 3.38. The van der Waals surface area contributed by atoms with Crippen LogP contribution in [0.15, 0.2) is 74.5 Å². The lowest BCUT2D eigenvalue weighted by Crippen LogP contribution is -2.08. The van der Waals surface area contributed by atoms with Gasteiger partial charge < -0.3 is 14.3 Å². The minimum atomic E-state index is -0.692. The van der Waals surface area contributed by atoms with Crippen molar-refractivity contribution in [2.24, 2.45) is 0 Å². The maximum absolute atomic E-state index is 11.9.